The molecule has 2 atom stereocenters. The van der Waals surface area contributed by atoms with Crippen LogP contribution >= 0.6 is 11.3 Å². The summed E-state index contributed by atoms with van der Waals surface area (Å²) in [6.07, 6.45) is 1.99. The minimum atomic E-state index is -0.0670. The zero-order valence-electron chi connectivity index (χ0n) is 14.4. The van der Waals surface area contributed by atoms with Gasteiger partial charge in [-0.15, -0.1) is 11.3 Å². The van der Waals surface area contributed by atoms with Crippen LogP contribution in [0, 0.1) is 6.92 Å². The molecule has 1 N–H and O–H groups in total. The van der Waals surface area contributed by atoms with Gasteiger partial charge in [0.25, 0.3) is 5.91 Å². The van der Waals surface area contributed by atoms with Crippen LogP contribution in [0.5, 0.6) is 0 Å². The number of H-pyrrole nitrogens is 1. The van der Waals surface area contributed by atoms with Gasteiger partial charge >= 0.3 is 0 Å². The Labute approximate surface area is 146 Å². The molecule has 24 heavy (non-hydrogen) atoms. The third-order valence-corrected chi connectivity index (χ3v) is 5.36. The quantitative estimate of drug-likeness (QED) is 0.900. The number of thiazole rings is 1. The summed E-state index contributed by atoms with van der Waals surface area (Å²) in [5.74, 6) is 0.311. The summed E-state index contributed by atoms with van der Waals surface area (Å²) in [5, 5.41) is 10.1. The Balaban J connectivity index is 1.68. The summed E-state index contributed by atoms with van der Waals surface area (Å²) < 4.78 is 5.55. The van der Waals surface area contributed by atoms with Crippen LogP contribution in [-0.2, 0) is 4.74 Å². The highest BCUT2D eigenvalue weighted by atomic mass is 32.1. The van der Waals surface area contributed by atoms with Gasteiger partial charge in [0, 0.05) is 36.7 Å². The number of carbonyl (C=O) groups excluding carboxylic acids is 1. The second-order valence-electron chi connectivity index (χ2n) is 6.23. The number of amides is 1. The zero-order valence-corrected chi connectivity index (χ0v) is 15.2. The lowest BCUT2D eigenvalue weighted by atomic mass is 9.94. The van der Waals surface area contributed by atoms with Gasteiger partial charge in [0.05, 0.1) is 5.69 Å². The van der Waals surface area contributed by atoms with E-state index in [0.29, 0.717) is 24.8 Å². The number of piperidine rings is 1. The molecule has 0 radical (unpaired) electrons. The third-order valence-electron chi connectivity index (χ3n) is 4.36. The van der Waals surface area contributed by atoms with E-state index >= 15 is 0 Å². The van der Waals surface area contributed by atoms with E-state index in [1.807, 2.05) is 31.1 Å². The number of aryl methyl sites for hydroxylation is 1. The first-order valence-corrected chi connectivity index (χ1v) is 9.34. The molecule has 0 aliphatic carbocycles. The fraction of sp³-hybridized carbons (Fsp3) is 0.588. The predicted molar refractivity (Wildman–Crippen MR) is 93.4 cm³/mol. The van der Waals surface area contributed by atoms with Crippen LogP contribution in [0.3, 0.4) is 0 Å². The van der Waals surface area contributed by atoms with Crippen LogP contribution in [0.2, 0.25) is 0 Å². The molecular weight excluding hydrogens is 324 g/mol. The average molecular weight is 348 g/mol. The highest BCUT2D eigenvalue weighted by Crippen LogP contribution is 2.28. The Morgan fingerprint density at radius 1 is 1.58 bits per heavy atom. The summed E-state index contributed by atoms with van der Waals surface area (Å²) in [7, 11) is 0. The van der Waals surface area contributed by atoms with Crippen molar-refractivity contribution < 1.29 is 9.53 Å². The molecule has 3 heterocycles. The van der Waals surface area contributed by atoms with Crippen LogP contribution in [0.25, 0.3) is 0 Å². The highest BCUT2D eigenvalue weighted by molar-refractivity contribution is 7.09. The molecule has 130 valence electrons. The van der Waals surface area contributed by atoms with Gasteiger partial charge in [-0.3, -0.25) is 9.89 Å². The van der Waals surface area contributed by atoms with Gasteiger partial charge in [-0.05, 0) is 39.7 Å². The SMILES string of the molecule is CCO[C@H](C)c1nc(C(=O)N2CCC[C@@H](c3cc(C)[nH]n3)C2)cs1. The van der Waals surface area contributed by atoms with Crippen molar-refractivity contribution in [2.75, 3.05) is 19.7 Å². The topological polar surface area (TPSA) is 71.1 Å². The number of rotatable bonds is 5. The Hall–Kier alpha value is -1.73. The number of ether oxygens (including phenoxy) is 1. The summed E-state index contributed by atoms with van der Waals surface area (Å²) in [5.41, 5.74) is 2.64. The molecule has 0 bridgehead atoms. The molecule has 7 heteroatoms. The lowest BCUT2D eigenvalue weighted by molar-refractivity contribution is 0.0691. The first kappa shape index (κ1) is 17.1. The average Bonchev–Trinajstić information content (AvgIpc) is 3.24. The van der Waals surface area contributed by atoms with Crippen LogP contribution in [-0.4, -0.2) is 45.7 Å². The normalized spacial score (nSPS) is 19.5. The van der Waals surface area contributed by atoms with Crippen LogP contribution in [0.4, 0.5) is 0 Å². The Morgan fingerprint density at radius 2 is 2.42 bits per heavy atom. The van der Waals surface area contributed by atoms with E-state index in [9.17, 15) is 4.79 Å². The van der Waals surface area contributed by atoms with Gasteiger partial charge < -0.3 is 9.64 Å². The number of aromatic amines is 1. The van der Waals surface area contributed by atoms with Gasteiger partial charge in [-0.25, -0.2) is 4.98 Å². The molecule has 0 unspecified atom stereocenters. The van der Waals surface area contributed by atoms with Crippen molar-refractivity contribution >= 4 is 17.2 Å². The minimum absolute atomic E-state index is 0.0122. The number of aromatic nitrogens is 3. The molecule has 0 aromatic carbocycles. The van der Waals surface area contributed by atoms with Crippen LogP contribution in [0.15, 0.2) is 11.4 Å². The highest BCUT2D eigenvalue weighted by Gasteiger charge is 2.28. The number of hydrogen-bond donors (Lipinski definition) is 1. The number of carbonyl (C=O) groups is 1. The largest absolute Gasteiger partial charge is 0.372 e. The molecular formula is C17H24N4O2S. The smallest absolute Gasteiger partial charge is 0.273 e. The van der Waals surface area contributed by atoms with E-state index in [1.54, 1.807) is 0 Å². The number of nitrogens with zero attached hydrogens (tertiary/aromatic N) is 3. The molecule has 1 aliphatic rings. The van der Waals surface area contributed by atoms with Gasteiger partial charge in [0.1, 0.15) is 16.8 Å². The molecule has 2 aromatic heterocycles. The lowest BCUT2D eigenvalue weighted by Crippen LogP contribution is -2.39. The first-order chi connectivity index (χ1) is 11.6. The summed E-state index contributed by atoms with van der Waals surface area (Å²) in [6.45, 7) is 8.05. The zero-order chi connectivity index (χ0) is 17.1. The van der Waals surface area contributed by atoms with Gasteiger partial charge in [-0.2, -0.15) is 5.10 Å². The number of likely N-dealkylation sites (tertiary alicyclic amines) is 1. The second-order valence-corrected chi connectivity index (χ2v) is 7.12. The maximum atomic E-state index is 12.8. The van der Waals surface area contributed by atoms with Crippen molar-refractivity contribution in [3.63, 3.8) is 0 Å². The van der Waals surface area contributed by atoms with E-state index in [1.165, 1.54) is 11.3 Å². The van der Waals surface area contributed by atoms with Crippen LogP contribution in [0.1, 0.15) is 65.6 Å². The molecule has 3 rings (SSSR count). The monoisotopic (exact) mass is 348 g/mol. The van der Waals surface area contributed by atoms with Crippen molar-refractivity contribution in [1.29, 1.82) is 0 Å². The summed E-state index contributed by atoms with van der Waals surface area (Å²) >= 11 is 1.49. The van der Waals surface area contributed by atoms with E-state index in [4.69, 9.17) is 4.74 Å². The van der Waals surface area contributed by atoms with Gasteiger partial charge in [0.2, 0.25) is 0 Å². The lowest BCUT2D eigenvalue weighted by Gasteiger charge is -2.31. The minimum Gasteiger partial charge on any atom is -0.372 e. The first-order valence-electron chi connectivity index (χ1n) is 8.46. The summed E-state index contributed by atoms with van der Waals surface area (Å²) in [6, 6.07) is 2.07. The Bertz CT molecular complexity index is 696. The number of nitrogens with one attached hydrogen (secondary N) is 1. The standard InChI is InChI=1S/C17H24N4O2S/c1-4-23-12(3)16-18-15(10-24-16)17(22)21-7-5-6-13(9-21)14-8-11(2)19-20-14/h8,10,12-13H,4-7,9H2,1-3H3,(H,19,20)/t12-,13-/m1/s1. The number of hydrogen-bond acceptors (Lipinski definition) is 5. The van der Waals surface area contributed by atoms with Crippen molar-refractivity contribution in [3.8, 4) is 0 Å². The van der Waals surface area contributed by atoms with E-state index < -0.39 is 0 Å². The van der Waals surface area contributed by atoms with E-state index in [0.717, 1.165) is 35.8 Å². The Morgan fingerprint density at radius 3 is 3.12 bits per heavy atom. The molecule has 1 aliphatic heterocycles. The predicted octanol–water partition coefficient (Wildman–Crippen LogP) is 3.29. The fourth-order valence-electron chi connectivity index (χ4n) is 3.11. The molecule has 6 nitrogen and oxygen atoms in total. The fourth-order valence-corrected chi connectivity index (χ4v) is 3.90. The second kappa shape index (κ2) is 7.44. The molecule has 0 saturated carbocycles. The van der Waals surface area contributed by atoms with Crippen molar-refractivity contribution in [3.05, 3.63) is 33.5 Å². The van der Waals surface area contributed by atoms with Crippen molar-refractivity contribution in [2.45, 2.75) is 45.6 Å². The molecule has 1 amide bonds. The van der Waals surface area contributed by atoms with Crippen LogP contribution < -0.4 is 0 Å². The van der Waals surface area contributed by atoms with Gasteiger partial charge in [-0.1, -0.05) is 0 Å². The van der Waals surface area contributed by atoms with Crippen molar-refractivity contribution in [2.24, 2.45) is 0 Å². The van der Waals surface area contributed by atoms with Crippen molar-refractivity contribution in [1.82, 2.24) is 20.1 Å². The summed E-state index contributed by atoms with van der Waals surface area (Å²) in [4.78, 5) is 19.2. The van der Waals surface area contributed by atoms with E-state index in [-0.39, 0.29) is 12.0 Å². The maximum Gasteiger partial charge on any atom is 0.273 e. The molecule has 1 saturated heterocycles. The maximum absolute atomic E-state index is 12.8. The third kappa shape index (κ3) is 3.67. The molecule has 2 aromatic rings. The molecule has 1 fully saturated rings. The van der Waals surface area contributed by atoms with Gasteiger partial charge in [0.15, 0.2) is 0 Å². The Kier molecular flexibility index (Phi) is 5.30. The van der Waals surface area contributed by atoms with E-state index in [2.05, 4.69) is 21.2 Å². The molecule has 0 spiro atoms.